The molecule has 0 aromatic carbocycles. The van der Waals surface area contributed by atoms with Gasteiger partial charge in [-0.05, 0) is 23.8 Å². The lowest BCUT2D eigenvalue weighted by Crippen LogP contribution is -2.30. The van der Waals surface area contributed by atoms with E-state index in [2.05, 4.69) is 19.9 Å². The molecule has 1 aliphatic carbocycles. The first-order valence-electron chi connectivity index (χ1n) is 5.29. The Kier molecular flexibility index (Phi) is 2.23. The van der Waals surface area contributed by atoms with Gasteiger partial charge in [-0.1, -0.05) is 32.1 Å². The number of carboxylic acid groups (broad SMARTS) is 1. The first-order chi connectivity index (χ1) is 7.02. The minimum absolute atomic E-state index is 0.0818. The number of rotatable bonds is 3. The molecule has 82 valence electrons. The fraction of sp³-hybridized carbons (Fsp3) is 0.583. The van der Waals surface area contributed by atoms with Crippen LogP contribution in [-0.4, -0.2) is 23.3 Å². The second-order valence-corrected chi connectivity index (χ2v) is 4.66. The third-order valence-electron chi connectivity index (χ3n) is 3.50. The van der Waals surface area contributed by atoms with Crippen LogP contribution < -0.4 is 0 Å². The van der Waals surface area contributed by atoms with Crippen LogP contribution in [0, 0.1) is 5.41 Å². The molecule has 0 spiro atoms. The largest absolute Gasteiger partial charge is 0.479 e. The van der Waals surface area contributed by atoms with Crippen molar-refractivity contribution < 1.29 is 14.6 Å². The van der Waals surface area contributed by atoms with Crippen molar-refractivity contribution in [1.82, 2.24) is 0 Å². The van der Waals surface area contributed by atoms with Crippen molar-refractivity contribution in [2.75, 3.05) is 6.61 Å². The van der Waals surface area contributed by atoms with Crippen LogP contribution >= 0.6 is 0 Å². The summed E-state index contributed by atoms with van der Waals surface area (Å²) in [6, 6.07) is 0. The SMILES string of the molecule is CCC1(C)C=CC=C(C2(C(=O)O)CO2)C1. The highest BCUT2D eigenvalue weighted by Gasteiger charge is 2.56. The Bertz CT molecular complexity index is 350. The van der Waals surface area contributed by atoms with Gasteiger partial charge in [0.25, 0.3) is 0 Å². The molecule has 0 radical (unpaired) electrons. The molecule has 2 unspecified atom stereocenters. The van der Waals surface area contributed by atoms with E-state index in [0.29, 0.717) is 6.61 Å². The molecule has 0 amide bonds. The third kappa shape index (κ3) is 1.61. The summed E-state index contributed by atoms with van der Waals surface area (Å²) in [6.07, 6.45) is 7.78. The van der Waals surface area contributed by atoms with E-state index in [0.717, 1.165) is 18.4 Å². The van der Waals surface area contributed by atoms with Crippen molar-refractivity contribution in [3.05, 3.63) is 23.8 Å². The zero-order valence-corrected chi connectivity index (χ0v) is 9.12. The smallest absolute Gasteiger partial charge is 0.342 e. The first kappa shape index (κ1) is 10.4. The van der Waals surface area contributed by atoms with Crippen molar-refractivity contribution in [2.45, 2.75) is 32.3 Å². The average Bonchev–Trinajstić information content (AvgIpc) is 2.98. The number of aliphatic carboxylic acids is 1. The lowest BCUT2D eigenvalue weighted by molar-refractivity contribution is -0.141. The van der Waals surface area contributed by atoms with E-state index in [-0.39, 0.29) is 5.41 Å². The van der Waals surface area contributed by atoms with E-state index in [1.165, 1.54) is 0 Å². The minimum atomic E-state index is -0.999. The van der Waals surface area contributed by atoms with Gasteiger partial charge < -0.3 is 9.84 Å². The summed E-state index contributed by atoms with van der Waals surface area (Å²) in [4.78, 5) is 11.1. The highest BCUT2D eigenvalue weighted by molar-refractivity contribution is 5.85. The number of ether oxygens (including phenoxy) is 1. The van der Waals surface area contributed by atoms with Crippen LogP contribution in [0.1, 0.15) is 26.7 Å². The van der Waals surface area contributed by atoms with Crippen LogP contribution in [0.3, 0.4) is 0 Å². The Morgan fingerprint density at radius 1 is 1.67 bits per heavy atom. The molecule has 15 heavy (non-hydrogen) atoms. The second kappa shape index (κ2) is 3.20. The van der Waals surface area contributed by atoms with Gasteiger partial charge in [0.2, 0.25) is 5.60 Å². The summed E-state index contributed by atoms with van der Waals surface area (Å²) in [6.45, 7) is 4.59. The summed E-state index contributed by atoms with van der Waals surface area (Å²) >= 11 is 0. The Balaban J connectivity index is 2.23. The average molecular weight is 208 g/mol. The molecule has 1 aliphatic heterocycles. The van der Waals surface area contributed by atoms with Crippen LogP contribution in [0.5, 0.6) is 0 Å². The van der Waals surface area contributed by atoms with E-state index in [9.17, 15) is 4.79 Å². The Hall–Kier alpha value is -1.09. The van der Waals surface area contributed by atoms with Gasteiger partial charge in [0.05, 0.1) is 6.61 Å². The number of carboxylic acids is 1. The highest BCUT2D eigenvalue weighted by atomic mass is 16.6. The molecule has 0 saturated carbocycles. The van der Waals surface area contributed by atoms with Crippen molar-refractivity contribution in [3.8, 4) is 0 Å². The number of hydrogen-bond acceptors (Lipinski definition) is 2. The van der Waals surface area contributed by atoms with E-state index >= 15 is 0 Å². The fourth-order valence-electron chi connectivity index (χ4n) is 1.99. The van der Waals surface area contributed by atoms with Crippen LogP contribution in [0.25, 0.3) is 0 Å². The molecule has 0 aromatic rings. The number of allylic oxidation sites excluding steroid dienone is 3. The zero-order chi connectivity index (χ0) is 11.1. The fourth-order valence-corrected chi connectivity index (χ4v) is 1.99. The van der Waals surface area contributed by atoms with E-state index in [4.69, 9.17) is 9.84 Å². The number of carbonyl (C=O) groups is 1. The van der Waals surface area contributed by atoms with E-state index in [1.807, 2.05) is 12.2 Å². The van der Waals surface area contributed by atoms with Gasteiger partial charge in [-0.3, -0.25) is 0 Å². The van der Waals surface area contributed by atoms with E-state index < -0.39 is 11.6 Å². The molecule has 2 rings (SSSR count). The minimum Gasteiger partial charge on any atom is -0.479 e. The Morgan fingerprint density at radius 2 is 2.33 bits per heavy atom. The van der Waals surface area contributed by atoms with Gasteiger partial charge in [-0.15, -0.1) is 0 Å². The van der Waals surface area contributed by atoms with Crippen molar-refractivity contribution in [2.24, 2.45) is 5.41 Å². The summed E-state index contributed by atoms with van der Waals surface area (Å²) in [5.74, 6) is -0.859. The lowest BCUT2D eigenvalue weighted by Gasteiger charge is -2.29. The van der Waals surface area contributed by atoms with Gasteiger partial charge in [-0.2, -0.15) is 0 Å². The molecule has 1 N–H and O–H groups in total. The highest BCUT2D eigenvalue weighted by Crippen LogP contribution is 2.45. The van der Waals surface area contributed by atoms with Crippen LogP contribution in [0.15, 0.2) is 23.8 Å². The Morgan fingerprint density at radius 3 is 2.80 bits per heavy atom. The first-order valence-corrected chi connectivity index (χ1v) is 5.29. The van der Waals surface area contributed by atoms with Crippen molar-refractivity contribution in [3.63, 3.8) is 0 Å². The maximum Gasteiger partial charge on any atom is 0.342 e. The van der Waals surface area contributed by atoms with Crippen LogP contribution in [-0.2, 0) is 9.53 Å². The van der Waals surface area contributed by atoms with Gasteiger partial charge >= 0.3 is 5.97 Å². The molecule has 2 atom stereocenters. The molecule has 1 fully saturated rings. The lowest BCUT2D eigenvalue weighted by atomic mass is 9.75. The predicted molar refractivity (Wildman–Crippen MR) is 56.6 cm³/mol. The van der Waals surface area contributed by atoms with Gasteiger partial charge in [0.15, 0.2) is 0 Å². The normalized spacial score (nSPS) is 38.7. The zero-order valence-electron chi connectivity index (χ0n) is 9.12. The number of hydrogen-bond donors (Lipinski definition) is 1. The maximum absolute atomic E-state index is 11.1. The van der Waals surface area contributed by atoms with Crippen molar-refractivity contribution >= 4 is 5.97 Å². The molecule has 1 heterocycles. The molecular formula is C12H16O3. The molecular weight excluding hydrogens is 192 g/mol. The van der Waals surface area contributed by atoms with Gasteiger partial charge in [-0.25, -0.2) is 4.79 Å². The standard InChI is InChI=1S/C12H16O3/c1-3-11(2)6-4-5-9(7-11)12(8-15-12)10(13)14/h4-6H,3,7-8H2,1-2H3,(H,13,14). The number of epoxide rings is 1. The van der Waals surface area contributed by atoms with Crippen LogP contribution in [0.2, 0.25) is 0 Å². The summed E-state index contributed by atoms with van der Waals surface area (Å²) in [5.41, 5.74) is -0.0125. The quantitative estimate of drug-likeness (QED) is 0.723. The Labute approximate surface area is 89.4 Å². The molecule has 0 bridgehead atoms. The topological polar surface area (TPSA) is 49.8 Å². The summed E-state index contributed by atoms with van der Waals surface area (Å²) in [5, 5.41) is 9.11. The summed E-state index contributed by atoms with van der Waals surface area (Å²) < 4.78 is 5.13. The molecule has 3 heteroatoms. The van der Waals surface area contributed by atoms with Crippen molar-refractivity contribution in [1.29, 1.82) is 0 Å². The van der Waals surface area contributed by atoms with Gasteiger partial charge in [0, 0.05) is 0 Å². The monoisotopic (exact) mass is 208 g/mol. The van der Waals surface area contributed by atoms with Gasteiger partial charge in [0.1, 0.15) is 0 Å². The van der Waals surface area contributed by atoms with E-state index in [1.54, 1.807) is 0 Å². The molecule has 1 saturated heterocycles. The molecule has 2 aliphatic rings. The predicted octanol–water partition coefficient (Wildman–Crippen LogP) is 2.14. The summed E-state index contributed by atoms with van der Waals surface area (Å²) in [7, 11) is 0. The van der Waals surface area contributed by atoms with Crippen LogP contribution in [0.4, 0.5) is 0 Å². The second-order valence-electron chi connectivity index (χ2n) is 4.66. The maximum atomic E-state index is 11.1. The third-order valence-corrected chi connectivity index (χ3v) is 3.50. The molecule has 0 aromatic heterocycles. The molecule has 3 nitrogen and oxygen atoms in total.